The number of aryl methyl sites for hydroxylation is 1. The SMILES string of the molecule is CCN(CC)CCCNc1nn(CCCN2CCOCC2)c2ccc(Cl)cc12.Cl.Cl. The molecule has 2 heterocycles. The van der Waals surface area contributed by atoms with Crippen LogP contribution in [0.25, 0.3) is 10.9 Å². The summed E-state index contributed by atoms with van der Waals surface area (Å²) in [5, 5.41) is 10.3. The highest BCUT2D eigenvalue weighted by Crippen LogP contribution is 2.26. The second-order valence-corrected chi connectivity index (χ2v) is 7.78. The Bertz CT molecular complexity index is 733. The van der Waals surface area contributed by atoms with Crippen LogP contribution in [0.2, 0.25) is 5.02 Å². The molecule has 0 unspecified atom stereocenters. The van der Waals surface area contributed by atoms with Crippen molar-refractivity contribution < 1.29 is 4.74 Å². The van der Waals surface area contributed by atoms with Gasteiger partial charge in [0.2, 0.25) is 0 Å². The van der Waals surface area contributed by atoms with Crippen molar-refractivity contribution in [3.63, 3.8) is 0 Å². The van der Waals surface area contributed by atoms with Crippen molar-refractivity contribution in [1.29, 1.82) is 0 Å². The Labute approximate surface area is 198 Å². The quantitative estimate of drug-likeness (QED) is 0.483. The predicted molar refractivity (Wildman–Crippen MR) is 132 cm³/mol. The molecule has 3 rings (SSSR count). The fourth-order valence-corrected chi connectivity index (χ4v) is 3.94. The van der Waals surface area contributed by atoms with Crippen LogP contribution >= 0.6 is 36.4 Å². The van der Waals surface area contributed by atoms with E-state index in [-0.39, 0.29) is 24.8 Å². The molecule has 2 aromatic rings. The highest BCUT2D eigenvalue weighted by molar-refractivity contribution is 6.31. The van der Waals surface area contributed by atoms with Crippen LogP contribution in [0.4, 0.5) is 5.82 Å². The summed E-state index contributed by atoms with van der Waals surface area (Å²) in [6, 6.07) is 6.06. The molecule has 0 spiro atoms. The van der Waals surface area contributed by atoms with E-state index >= 15 is 0 Å². The van der Waals surface area contributed by atoms with Crippen molar-refractivity contribution in [2.24, 2.45) is 0 Å². The lowest BCUT2D eigenvalue weighted by molar-refractivity contribution is 0.0368. The third-order valence-electron chi connectivity index (χ3n) is 5.50. The van der Waals surface area contributed by atoms with Crippen molar-refractivity contribution in [2.45, 2.75) is 33.2 Å². The average Bonchev–Trinajstić information content (AvgIpc) is 3.06. The lowest BCUT2D eigenvalue weighted by Gasteiger charge is -2.26. The van der Waals surface area contributed by atoms with Gasteiger partial charge < -0.3 is 15.0 Å². The van der Waals surface area contributed by atoms with Gasteiger partial charge in [-0.3, -0.25) is 9.58 Å². The number of hydrogen-bond donors (Lipinski definition) is 1. The molecule has 9 heteroatoms. The fourth-order valence-electron chi connectivity index (χ4n) is 3.77. The minimum atomic E-state index is 0. The molecule has 6 nitrogen and oxygen atoms in total. The lowest BCUT2D eigenvalue weighted by Crippen LogP contribution is -2.37. The number of aromatic nitrogens is 2. The van der Waals surface area contributed by atoms with Gasteiger partial charge in [-0.2, -0.15) is 5.10 Å². The lowest BCUT2D eigenvalue weighted by atomic mass is 10.2. The van der Waals surface area contributed by atoms with E-state index in [0.717, 1.165) is 100 Å². The Morgan fingerprint density at radius 1 is 1.10 bits per heavy atom. The zero-order valence-electron chi connectivity index (χ0n) is 18.1. The van der Waals surface area contributed by atoms with Gasteiger partial charge in [0, 0.05) is 43.1 Å². The third kappa shape index (κ3) is 7.74. The van der Waals surface area contributed by atoms with Crippen molar-refractivity contribution in [1.82, 2.24) is 19.6 Å². The standard InChI is InChI=1S/C21H34ClN5O.2ClH/c1-3-25(4-2)10-5-9-23-21-19-17-18(22)7-8-20(19)27(24-21)12-6-11-26-13-15-28-16-14-26;;/h7-8,17H,3-6,9-16H2,1-2H3,(H,23,24);2*1H. The molecule has 0 amide bonds. The molecule has 1 aromatic carbocycles. The number of fused-ring (bicyclic) bond motifs is 1. The zero-order chi connectivity index (χ0) is 19.8. The average molecular weight is 481 g/mol. The highest BCUT2D eigenvalue weighted by atomic mass is 35.5. The van der Waals surface area contributed by atoms with Crippen molar-refractivity contribution in [3.8, 4) is 0 Å². The predicted octanol–water partition coefficient (Wildman–Crippen LogP) is 4.40. The molecule has 1 N–H and O–H groups in total. The van der Waals surface area contributed by atoms with Gasteiger partial charge in [0.05, 0.1) is 18.7 Å². The molecule has 0 atom stereocenters. The summed E-state index contributed by atoms with van der Waals surface area (Å²) < 4.78 is 7.55. The van der Waals surface area contributed by atoms with Crippen LogP contribution in [-0.4, -0.2) is 78.6 Å². The number of hydrogen-bond acceptors (Lipinski definition) is 5. The molecule has 172 valence electrons. The summed E-state index contributed by atoms with van der Waals surface area (Å²) in [4.78, 5) is 4.92. The summed E-state index contributed by atoms with van der Waals surface area (Å²) in [7, 11) is 0. The number of anilines is 1. The molecule has 30 heavy (non-hydrogen) atoms. The van der Waals surface area contributed by atoms with E-state index in [1.165, 1.54) is 0 Å². The van der Waals surface area contributed by atoms with Crippen LogP contribution in [0.5, 0.6) is 0 Å². The topological polar surface area (TPSA) is 45.6 Å². The van der Waals surface area contributed by atoms with E-state index in [1.807, 2.05) is 12.1 Å². The summed E-state index contributed by atoms with van der Waals surface area (Å²) >= 11 is 6.26. The first-order valence-corrected chi connectivity index (χ1v) is 11.0. The Morgan fingerprint density at radius 3 is 2.53 bits per heavy atom. The Hall–Kier alpha value is -0.760. The van der Waals surface area contributed by atoms with Gasteiger partial charge in [-0.05, 0) is 50.7 Å². The molecule has 1 fully saturated rings. The van der Waals surface area contributed by atoms with E-state index in [1.54, 1.807) is 0 Å². The molecule has 1 aromatic heterocycles. The Balaban J connectivity index is 0.00000225. The van der Waals surface area contributed by atoms with Crippen molar-refractivity contribution >= 4 is 53.1 Å². The monoisotopic (exact) mass is 479 g/mol. The van der Waals surface area contributed by atoms with Gasteiger partial charge >= 0.3 is 0 Å². The summed E-state index contributed by atoms with van der Waals surface area (Å²) in [5.41, 5.74) is 1.15. The van der Waals surface area contributed by atoms with Crippen LogP contribution in [0, 0.1) is 0 Å². The largest absolute Gasteiger partial charge is 0.379 e. The molecule has 0 bridgehead atoms. The highest BCUT2D eigenvalue weighted by Gasteiger charge is 2.13. The molecular weight excluding hydrogens is 445 g/mol. The molecule has 1 saturated heterocycles. The van der Waals surface area contributed by atoms with E-state index in [9.17, 15) is 0 Å². The van der Waals surface area contributed by atoms with Crippen LogP contribution in [0.15, 0.2) is 18.2 Å². The second kappa shape index (κ2) is 14.3. The molecule has 1 aliphatic heterocycles. The number of nitrogens with one attached hydrogen (secondary N) is 1. The number of morpholine rings is 1. The van der Waals surface area contributed by atoms with E-state index in [4.69, 9.17) is 21.4 Å². The molecule has 0 aliphatic carbocycles. The number of benzene rings is 1. The molecule has 1 aliphatic rings. The van der Waals surface area contributed by atoms with Gasteiger partial charge in [0.1, 0.15) is 0 Å². The van der Waals surface area contributed by atoms with E-state index in [2.05, 4.69) is 39.7 Å². The number of rotatable bonds is 11. The van der Waals surface area contributed by atoms with E-state index < -0.39 is 0 Å². The van der Waals surface area contributed by atoms with Gasteiger partial charge in [0.15, 0.2) is 5.82 Å². The maximum atomic E-state index is 6.26. The van der Waals surface area contributed by atoms with Crippen LogP contribution in [-0.2, 0) is 11.3 Å². The normalized spacial score (nSPS) is 14.5. The maximum Gasteiger partial charge on any atom is 0.156 e. The minimum absolute atomic E-state index is 0. The van der Waals surface area contributed by atoms with Gasteiger partial charge in [-0.1, -0.05) is 25.4 Å². The van der Waals surface area contributed by atoms with Gasteiger partial charge in [-0.25, -0.2) is 0 Å². The van der Waals surface area contributed by atoms with Crippen molar-refractivity contribution in [2.75, 3.05) is 64.3 Å². The second-order valence-electron chi connectivity index (χ2n) is 7.35. The number of ether oxygens (including phenoxy) is 1. The summed E-state index contributed by atoms with van der Waals surface area (Å²) in [6.45, 7) is 14.4. The number of halogens is 3. The van der Waals surface area contributed by atoms with E-state index in [0.29, 0.717) is 0 Å². The van der Waals surface area contributed by atoms with Crippen LogP contribution in [0.1, 0.15) is 26.7 Å². The Kier molecular flexibility index (Phi) is 13.0. The molecule has 0 saturated carbocycles. The molecule has 0 radical (unpaired) electrons. The first-order chi connectivity index (χ1) is 13.7. The first kappa shape index (κ1) is 27.3. The molecular formula is C21H36Cl3N5O. The minimum Gasteiger partial charge on any atom is -0.379 e. The summed E-state index contributed by atoms with van der Waals surface area (Å²) in [5.74, 6) is 0.948. The zero-order valence-corrected chi connectivity index (χ0v) is 20.5. The first-order valence-electron chi connectivity index (χ1n) is 10.6. The Morgan fingerprint density at radius 2 is 1.83 bits per heavy atom. The van der Waals surface area contributed by atoms with Crippen LogP contribution in [0.3, 0.4) is 0 Å². The van der Waals surface area contributed by atoms with Crippen LogP contribution < -0.4 is 5.32 Å². The van der Waals surface area contributed by atoms with Gasteiger partial charge in [-0.15, -0.1) is 24.8 Å². The number of nitrogens with zero attached hydrogens (tertiary/aromatic N) is 4. The van der Waals surface area contributed by atoms with Gasteiger partial charge in [0.25, 0.3) is 0 Å². The third-order valence-corrected chi connectivity index (χ3v) is 5.73. The maximum absolute atomic E-state index is 6.26. The van der Waals surface area contributed by atoms with Crippen molar-refractivity contribution in [3.05, 3.63) is 23.2 Å². The fraction of sp³-hybridized carbons (Fsp3) is 0.667. The smallest absolute Gasteiger partial charge is 0.156 e. The summed E-state index contributed by atoms with van der Waals surface area (Å²) in [6.07, 6.45) is 2.19.